The fraction of sp³-hybridized carbons (Fsp3) is 0.368. The number of aromatic nitrogens is 4. The maximum absolute atomic E-state index is 12.7. The van der Waals surface area contributed by atoms with E-state index in [0.29, 0.717) is 5.78 Å². The van der Waals surface area contributed by atoms with Gasteiger partial charge < -0.3 is 5.32 Å². The average molecular weight is 335 g/mol. The fourth-order valence-corrected chi connectivity index (χ4v) is 3.59. The molecule has 6 nitrogen and oxygen atoms in total. The number of hydrogen-bond donors (Lipinski definition) is 1. The first-order valence-corrected chi connectivity index (χ1v) is 8.54. The highest BCUT2D eigenvalue weighted by Gasteiger charge is 2.33. The molecule has 0 radical (unpaired) electrons. The summed E-state index contributed by atoms with van der Waals surface area (Å²) in [5.74, 6) is 0.337. The van der Waals surface area contributed by atoms with Crippen LogP contribution in [0.25, 0.3) is 5.78 Å². The third-order valence-electron chi connectivity index (χ3n) is 5.06. The molecule has 1 atom stereocenters. The number of amides is 1. The zero-order chi connectivity index (χ0) is 17.6. The number of hydrogen-bond acceptors (Lipinski definition) is 4. The van der Waals surface area contributed by atoms with Crippen molar-refractivity contribution in [3.63, 3.8) is 0 Å². The summed E-state index contributed by atoms with van der Waals surface area (Å²) in [4.78, 5) is 21.1. The van der Waals surface area contributed by atoms with Gasteiger partial charge in [0.25, 0.3) is 11.7 Å². The zero-order valence-electron chi connectivity index (χ0n) is 14.7. The molecule has 1 amide bonds. The van der Waals surface area contributed by atoms with Crippen LogP contribution in [0.5, 0.6) is 0 Å². The van der Waals surface area contributed by atoms with Crippen LogP contribution in [0.1, 0.15) is 60.2 Å². The lowest BCUT2D eigenvalue weighted by Crippen LogP contribution is -2.36. The number of carbonyl (C=O) groups is 1. The van der Waals surface area contributed by atoms with Crippen LogP contribution in [-0.4, -0.2) is 25.5 Å². The lowest BCUT2D eigenvalue weighted by Gasteiger charge is -2.37. The van der Waals surface area contributed by atoms with Gasteiger partial charge in [-0.05, 0) is 42.4 Å². The van der Waals surface area contributed by atoms with Crippen molar-refractivity contribution in [3.8, 4) is 0 Å². The molecule has 2 aromatic heterocycles. The summed E-state index contributed by atoms with van der Waals surface area (Å²) >= 11 is 0. The Kier molecular flexibility index (Phi) is 3.56. The topological polar surface area (TPSA) is 72.2 Å². The molecule has 6 heteroatoms. The average Bonchev–Trinajstić information content (AvgIpc) is 3.04. The number of rotatable bonds is 2. The smallest absolute Gasteiger partial charge is 0.291 e. The molecule has 1 aliphatic carbocycles. The molecule has 0 bridgehead atoms. The maximum Gasteiger partial charge on any atom is 0.291 e. The summed E-state index contributed by atoms with van der Waals surface area (Å²) in [6, 6.07) is 10.2. The SMILES string of the molecule is Cc1ccnc2nc(C(=O)N[C@H]3CCC(C)(C)c4ccccc43)nn12. The molecule has 1 aliphatic rings. The highest BCUT2D eigenvalue weighted by Crippen LogP contribution is 2.41. The molecule has 25 heavy (non-hydrogen) atoms. The molecule has 0 unspecified atom stereocenters. The van der Waals surface area contributed by atoms with Gasteiger partial charge in [0.15, 0.2) is 0 Å². The van der Waals surface area contributed by atoms with E-state index in [0.717, 1.165) is 18.5 Å². The van der Waals surface area contributed by atoms with Crippen LogP contribution < -0.4 is 5.32 Å². The van der Waals surface area contributed by atoms with Crippen LogP contribution in [0.4, 0.5) is 0 Å². The number of carbonyl (C=O) groups excluding carboxylic acids is 1. The minimum Gasteiger partial charge on any atom is -0.342 e. The standard InChI is InChI=1S/C19H21N5O/c1-12-9-11-20-18-22-16(23-24(12)18)17(25)21-15-8-10-19(2,3)14-7-5-4-6-13(14)15/h4-7,9,11,15H,8,10H2,1-3H3,(H,21,25)/t15-/m0/s1. The van der Waals surface area contributed by atoms with E-state index in [1.807, 2.05) is 19.1 Å². The summed E-state index contributed by atoms with van der Waals surface area (Å²) in [6.07, 6.45) is 3.59. The normalized spacial score (nSPS) is 18.8. The molecule has 4 rings (SSSR count). The second-order valence-corrected chi connectivity index (χ2v) is 7.27. The van der Waals surface area contributed by atoms with Crippen LogP contribution in [0.3, 0.4) is 0 Å². The van der Waals surface area contributed by atoms with E-state index < -0.39 is 0 Å². The van der Waals surface area contributed by atoms with Crippen LogP contribution in [-0.2, 0) is 5.41 Å². The third kappa shape index (κ3) is 2.67. The quantitative estimate of drug-likeness (QED) is 0.781. The summed E-state index contributed by atoms with van der Waals surface area (Å²) in [6.45, 7) is 6.41. The predicted molar refractivity (Wildman–Crippen MR) is 94.4 cm³/mol. The van der Waals surface area contributed by atoms with E-state index in [4.69, 9.17) is 0 Å². The lowest BCUT2D eigenvalue weighted by atomic mass is 9.71. The number of nitrogens with one attached hydrogen (secondary N) is 1. The van der Waals surface area contributed by atoms with Gasteiger partial charge in [-0.15, -0.1) is 5.10 Å². The van der Waals surface area contributed by atoms with Gasteiger partial charge in [0.2, 0.25) is 5.82 Å². The number of fused-ring (bicyclic) bond motifs is 2. The van der Waals surface area contributed by atoms with Gasteiger partial charge in [-0.3, -0.25) is 4.79 Å². The van der Waals surface area contributed by atoms with E-state index in [-0.39, 0.29) is 23.2 Å². The first-order chi connectivity index (χ1) is 12.0. The first-order valence-electron chi connectivity index (χ1n) is 8.54. The van der Waals surface area contributed by atoms with Crippen molar-refractivity contribution in [2.75, 3.05) is 0 Å². The molecule has 3 aromatic rings. The second-order valence-electron chi connectivity index (χ2n) is 7.27. The van der Waals surface area contributed by atoms with E-state index in [9.17, 15) is 4.79 Å². The van der Waals surface area contributed by atoms with Crippen molar-refractivity contribution < 1.29 is 4.79 Å². The van der Waals surface area contributed by atoms with Gasteiger partial charge in [0.1, 0.15) is 0 Å². The van der Waals surface area contributed by atoms with E-state index in [1.54, 1.807) is 10.7 Å². The van der Waals surface area contributed by atoms with Crippen LogP contribution in [0.2, 0.25) is 0 Å². The molecule has 128 valence electrons. The highest BCUT2D eigenvalue weighted by molar-refractivity contribution is 5.91. The monoisotopic (exact) mass is 335 g/mol. The molecule has 0 spiro atoms. The Bertz CT molecular complexity index is 959. The Morgan fingerprint density at radius 1 is 1.28 bits per heavy atom. The minimum atomic E-state index is -0.260. The summed E-state index contributed by atoms with van der Waals surface area (Å²) in [7, 11) is 0. The Morgan fingerprint density at radius 2 is 2.08 bits per heavy atom. The molecule has 1 aromatic carbocycles. The number of benzene rings is 1. The first kappa shape index (κ1) is 15.7. The molecule has 0 fully saturated rings. The van der Waals surface area contributed by atoms with Crippen molar-refractivity contribution in [3.05, 3.63) is 59.2 Å². The molecule has 0 saturated carbocycles. The van der Waals surface area contributed by atoms with Crippen LogP contribution >= 0.6 is 0 Å². The Morgan fingerprint density at radius 3 is 2.88 bits per heavy atom. The van der Waals surface area contributed by atoms with Gasteiger partial charge in [0.05, 0.1) is 6.04 Å². The third-order valence-corrected chi connectivity index (χ3v) is 5.06. The molecule has 0 saturated heterocycles. The van der Waals surface area contributed by atoms with Crippen molar-refractivity contribution in [1.82, 2.24) is 24.9 Å². The Hall–Kier alpha value is -2.76. The largest absolute Gasteiger partial charge is 0.342 e. The highest BCUT2D eigenvalue weighted by atomic mass is 16.2. The predicted octanol–water partition coefficient (Wildman–Crippen LogP) is 2.98. The summed E-state index contributed by atoms with van der Waals surface area (Å²) in [5.41, 5.74) is 3.50. The van der Waals surface area contributed by atoms with Crippen molar-refractivity contribution in [2.45, 2.75) is 45.1 Å². The Labute approximate surface area is 146 Å². The van der Waals surface area contributed by atoms with Crippen molar-refractivity contribution in [1.29, 1.82) is 0 Å². The fourth-order valence-electron chi connectivity index (χ4n) is 3.59. The van der Waals surface area contributed by atoms with Crippen LogP contribution in [0.15, 0.2) is 36.5 Å². The maximum atomic E-state index is 12.7. The molecular weight excluding hydrogens is 314 g/mol. The van der Waals surface area contributed by atoms with Gasteiger partial charge in [-0.25, -0.2) is 9.50 Å². The Balaban J connectivity index is 1.63. The van der Waals surface area contributed by atoms with E-state index >= 15 is 0 Å². The number of nitrogens with zero attached hydrogens (tertiary/aromatic N) is 4. The van der Waals surface area contributed by atoms with Crippen molar-refractivity contribution >= 4 is 11.7 Å². The number of aryl methyl sites for hydroxylation is 1. The molecule has 0 aliphatic heterocycles. The molecular formula is C19H21N5O. The lowest BCUT2D eigenvalue weighted by molar-refractivity contribution is 0.0919. The van der Waals surface area contributed by atoms with Gasteiger partial charge >= 0.3 is 0 Å². The minimum absolute atomic E-state index is 0.0163. The second kappa shape index (κ2) is 5.65. The van der Waals surface area contributed by atoms with Gasteiger partial charge in [-0.1, -0.05) is 38.1 Å². The van der Waals surface area contributed by atoms with E-state index in [2.05, 4.69) is 52.4 Å². The summed E-state index contributed by atoms with van der Waals surface area (Å²) < 4.78 is 1.59. The molecule has 2 heterocycles. The summed E-state index contributed by atoms with van der Waals surface area (Å²) in [5, 5.41) is 7.40. The molecule has 1 N–H and O–H groups in total. The zero-order valence-corrected chi connectivity index (χ0v) is 14.7. The van der Waals surface area contributed by atoms with E-state index in [1.165, 1.54) is 11.1 Å². The van der Waals surface area contributed by atoms with Gasteiger partial charge in [-0.2, -0.15) is 4.98 Å². The van der Waals surface area contributed by atoms with Crippen LogP contribution in [0, 0.1) is 6.92 Å². The van der Waals surface area contributed by atoms with Gasteiger partial charge in [0, 0.05) is 11.9 Å². The van der Waals surface area contributed by atoms with Crippen molar-refractivity contribution in [2.24, 2.45) is 0 Å².